The van der Waals surface area contributed by atoms with Crippen molar-refractivity contribution in [2.24, 2.45) is 11.3 Å². The molecule has 0 aliphatic carbocycles. The minimum absolute atomic E-state index is 0.0716. The maximum atomic E-state index is 12.1. The van der Waals surface area contributed by atoms with Crippen LogP contribution in [0.3, 0.4) is 0 Å². The Labute approximate surface area is 125 Å². The lowest BCUT2D eigenvalue weighted by atomic mass is 9.89. The van der Waals surface area contributed by atoms with Crippen LogP contribution in [-0.2, 0) is 4.79 Å². The normalized spacial score (nSPS) is 21.7. The average Bonchev–Trinajstić information content (AvgIpc) is 2.89. The Morgan fingerprint density at radius 3 is 2.76 bits per heavy atom. The van der Waals surface area contributed by atoms with E-state index in [-0.39, 0.29) is 17.2 Å². The predicted octanol–water partition coefficient (Wildman–Crippen LogP) is 0.848. The summed E-state index contributed by atoms with van der Waals surface area (Å²) in [5.41, 5.74) is 3.24. The molecule has 7 heteroatoms. The molecule has 1 unspecified atom stereocenters. The van der Waals surface area contributed by atoms with Crippen LogP contribution in [0.25, 0.3) is 0 Å². The van der Waals surface area contributed by atoms with Gasteiger partial charge in [-0.2, -0.15) is 0 Å². The van der Waals surface area contributed by atoms with E-state index in [0.717, 1.165) is 24.3 Å². The molecule has 1 aliphatic heterocycles. The monoisotopic (exact) mass is 292 g/mol. The fraction of sp³-hybridized carbons (Fsp3) is 0.643. The Hall–Kier alpha value is -1.89. The summed E-state index contributed by atoms with van der Waals surface area (Å²) in [5, 5.41) is 2.75. The van der Waals surface area contributed by atoms with Gasteiger partial charge in [0.15, 0.2) is 0 Å². The number of nitrogen functional groups attached to an aromatic ring is 1. The van der Waals surface area contributed by atoms with Gasteiger partial charge in [-0.1, -0.05) is 13.8 Å². The highest BCUT2D eigenvalue weighted by atomic mass is 16.2. The van der Waals surface area contributed by atoms with Crippen molar-refractivity contribution in [3.05, 3.63) is 11.9 Å². The molecule has 1 aliphatic rings. The minimum atomic E-state index is -0.385. The average molecular weight is 292 g/mol. The van der Waals surface area contributed by atoms with E-state index in [1.54, 1.807) is 7.05 Å². The third kappa shape index (κ3) is 2.78. The summed E-state index contributed by atoms with van der Waals surface area (Å²) in [6.07, 6.45) is 2.31. The molecule has 0 bridgehead atoms. The number of anilines is 2. The van der Waals surface area contributed by atoms with Gasteiger partial charge in [0, 0.05) is 25.7 Å². The summed E-state index contributed by atoms with van der Waals surface area (Å²) in [6.45, 7) is 7.59. The Morgan fingerprint density at radius 2 is 2.19 bits per heavy atom. The van der Waals surface area contributed by atoms with Crippen molar-refractivity contribution in [3.8, 4) is 0 Å². The number of nitrogens with two attached hydrogens (primary N) is 1. The molecule has 1 fully saturated rings. The highest BCUT2D eigenvalue weighted by Crippen LogP contribution is 2.37. The van der Waals surface area contributed by atoms with Crippen molar-refractivity contribution in [3.63, 3.8) is 0 Å². The van der Waals surface area contributed by atoms with E-state index >= 15 is 0 Å². The number of nitrogens with zero attached hydrogens (tertiary/aromatic N) is 3. The van der Waals surface area contributed by atoms with Gasteiger partial charge < -0.3 is 15.6 Å². The van der Waals surface area contributed by atoms with Crippen LogP contribution in [0.15, 0.2) is 6.33 Å². The lowest BCUT2D eigenvalue weighted by Gasteiger charge is -2.26. The smallest absolute Gasteiger partial charge is 0.227 e. The molecule has 1 atom stereocenters. The van der Waals surface area contributed by atoms with Gasteiger partial charge in [0.1, 0.15) is 18.0 Å². The van der Waals surface area contributed by atoms with Crippen molar-refractivity contribution in [1.29, 1.82) is 0 Å². The van der Waals surface area contributed by atoms with Gasteiger partial charge in [0.25, 0.3) is 0 Å². The molecule has 0 radical (unpaired) electrons. The SMILES string of the molecule is CNC(=O)C1(C)CCN(c2ncnc(NN)c2C(C)C)C1. The van der Waals surface area contributed by atoms with E-state index in [1.165, 1.54) is 6.33 Å². The number of hydrazine groups is 1. The molecular formula is C14H24N6O. The van der Waals surface area contributed by atoms with Gasteiger partial charge in [0.2, 0.25) is 5.91 Å². The second-order valence-electron chi connectivity index (χ2n) is 6.07. The summed E-state index contributed by atoms with van der Waals surface area (Å²) in [4.78, 5) is 22.8. The van der Waals surface area contributed by atoms with Crippen LogP contribution >= 0.6 is 0 Å². The van der Waals surface area contributed by atoms with E-state index < -0.39 is 0 Å². The highest BCUT2D eigenvalue weighted by Gasteiger charge is 2.41. The summed E-state index contributed by atoms with van der Waals surface area (Å²) in [7, 11) is 1.68. The first-order valence-electron chi connectivity index (χ1n) is 7.21. The molecule has 0 aromatic carbocycles. The number of amides is 1. The summed E-state index contributed by atoms with van der Waals surface area (Å²) < 4.78 is 0. The first-order valence-corrected chi connectivity index (χ1v) is 7.21. The maximum Gasteiger partial charge on any atom is 0.227 e. The summed E-state index contributed by atoms with van der Waals surface area (Å²) in [5.74, 6) is 7.37. The van der Waals surface area contributed by atoms with E-state index in [0.29, 0.717) is 12.4 Å². The zero-order valence-electron chi connectivity index (χ0n) is 13.1. The van der Waals surface area contributed by atoms with E-state index in [9.17, 15) is 4.79 Å². The Balaban J connectivity index is 2.34. The minimum Gasteiger partial charge on any atom is -0.359 e. The number of hydrogen-bond acceptors (Lipinski definition) is 6. The molecular weight excluding hydrogens is 268 g/mol. The highest BCUT2D eigenvalue weighted by molar-refractivity contribution is 5.83. The van der Waals surface area contributed by atoms with Crippen molar-refractivity contribution in [2.45, 2.75) is 33.1 Å². The third-order valence-corrected chi connectivity index (χ3v) is 4.13. The van der Waals surface area contributed by atoms with Crippen molar-refractivity contribution < 1.29 is 4.79 Å². The Morgan fingerprint density at radius 1 is 1.48 bits per heavy atom. The van der Waals surface area contributed by atoms with Crippen molar-refractivity contribution in [2.75, 3.05) is 30.5 Å². The van der Waals surface area contributed by atoms with Gasteiger partial charge in [-0.15, -0.1) is 0 Å². The van der Waals surface area contributed by atoms with Gasteiger partial charge in [-0.25, -0.2) is 15.8 Å². The number of nitrogens with one attached hydrogen (secondary N) is 2. The van der Waals surface area contributed by atoms with Crippen LogP contribution in [-0.4, -0.2) is 36.0 Å². The van der Waals surface area contributed by atoms with Crippen molar-refractivity contribution in [1.82, 2.24) is 15.3 Å². The first kappa shape index (κ1) is 15.5. The van der Waals surface area contributed by atoms with Crippen LogP contribution in [0.1, 0.15) is 38.7 Å². The maximum absolute atomic E-state index is 12.1. The van der Waals surface area contributed by atoms with Crippen LogP contribution in [0.2, 0.25) is 0 Å². The van der Waals surface area contributed by atoms with E-state index in [4.69, 9.17) is 5.84 Å². The molecule has 0 saturated carbocycles. The molecule has 21 heavy (non-hydrogen) atoms. The zero-order chi connectivity index (χ0) is 15.6. The lowest BCUT2D eigenvalue weighted by Crippen LogP contribution is -2.39. The number of hydrogen-bond donors (Lipinski definition) is 3. The van der Waals surface area contributed by atoms with Gasteiger partial charge in [-0.05, 0) is 19.3 Å². The zero-order valence-corrected chi connectivity index (χ0v) is 13.1. The van der Waals surface area contributed by atoms with Gasteiger partial charge in [0.05, 0.1) is 5.41 Å². The second kappa shape index (κ2) is 5.85. The van der Waals surface area contributed by atoms with Gasteiger partial charge in [-0.3, -0.25) is 4.79 Å². The number of carbonyl (C=O) groups excluding carboxylic acids is 1. The lowest BCUT2D eigenvalue weighted by molar-refractivity contribution is -0.128. The molecule has 1 amide bonds. The topological polar surface area (TPSA) is 96.2 Å². The van der Waals surface area contributed by atoms with Gasteiger partial charge >= 0.3 is 0 Å². The van der Waals surface area contributed by atoms with Crippen LogP contribution in [0.4, 0.5) is 11.6 Å². The fourth-order valence-electron chi connectivity index (χ4n) is 2.91. The summed E-state index contributed by atoms with van der Waals surface area (Å²) in [6, 6.07) is 0. The van der Waals surface area contributed by atoms with E-state index in [2.05, 4.69) is 39.5 Å². The molecule has 7 nitrogen and oxygen atoms in total. The number of rotatable bonds is 4. The summed E-state index contributed by atoms with van der Waals surface area (Å²) >= 11 is 0. The van der Waals surface area contributed by atoms with Crippen LogP contribution in [0.5, 0.6) is 0 Å². The molecule has 1 aromatic rings. The standard InChI is InChI=1S/C14H24N6O/c1-9(2)10-11(19-15)17-8-18-12(10)20-6-5-14(3,7-20)13(21)16-4/h8-9H,5-7,15H2,1-4H3,(H,16,21)(H,17,18,19). The van der Waals surface area contributed by atoms with Crippen LogP contribution in [0, 0.1) is 5.41 Å². The molecule has 1 aromatic heterocycles. The number of aromatic nitrogens is 2. The molecule has 1 saturated heterocycles. The molecule has 4 N–H and O–H groups in total. The first-order chi connectivity index (χ1) is 9.92. The number of carbonyl (C=O) groups is 1. The fourth-order valence-corrected chi connectivity index (χ4v) is 2.91. The van der Waals surface area contributed by atoms with Crippen LogP contribution < -0.4 is 21.5 Å². The second-order valence-corrected chi connectivity index (χ2v) is 6.07. The quantitative estimate of drug-likeness (QED) is 0.562. The Bertz CT molecular complexity index is 532. The molecule has 0 spiro atoms. The van der Waals surface area contributed by atoms with E-state index in [1.807, 2.05) is 6.92 Å². The largest absolute Gasteiger partial charge is 0.359 e. The third-order valence-electron chi connectivity index (χ3n) is 4.13. The Kier molecular flexibility index (Phi) is 4.32. The molecule has 2 rings (SSSR count). The van der Waals surface area contributed by atoms with Crippen molar-refractivity contribution >= 4 is 17.5 Å². The molecule has 116 valence electrons. The predicted molar refractivity (Wildman–Crippen MR) is 82.9 cm³/mol. The molecule has 2 heterocycles.